The number of benzene rings is 4. The van der Waals surface area contributed by atoms with E-state index in [1.54, 1.807) is 7.11 Å². The van der Waals surface area contributed by atoms with Crippen LogP contribution >= 0.6 is 0 Å². The fourth-order valence-corrected chi connectivity index (χ4v) is 7.79. The van der Waals surface area contributed by atoms with E-state index in [0.29, 0.717) is 30.7 Å². The zero-order chi connectivity index (χ0) is 31.0. The van der Waals surface area contributed by atoms with Gasteiger partial charge >= 0.3 is 11.9 Å². The van der Waals surface area contributed by atoms with Gasteiger partial charge in [-0.25, -0.2) is 4.79 Å². The summed E-state index contributed by atoms with van der Waals surface area (Å²) in [5.74, 6) is -0.278. The summed E-state index contributed by atoms with van der Waals surface area (Å²) in [6.45, 7) is 0.752. The highest BCUT2D eigenvalue weighted by molar-refractivity contribution is 5.95. The molecule has 45 heavy (non-hydrogen) atoms. The molecule has 4 atom stereocenters. The second kappa shape index (κ2) is 11.9. The molecule has 0 bridgehead atoms. The Morgan fingerprint density at radius 3 is 2.24 bits per heavy atom. The lowest BCUT2D eigenvalue weighted by atomic mass is 9.63. The topological polar surface area (TPSA) is 77.1 Å². The monoisotopic (exact) mass is 600 g/mol. The number of nitrogens with one attached hydrogen (secondary N) is 1. The number of nitrogens with zero attached hydrogens (tertiary/aromatic N) is 1. The summed E-state index contributed by atoms with van der Waals surface area (Å²) in [5, 5.41) is 3.66. The molecule has 2 heterocycles. The molecule has 0 radical (unpaired) electrons. The molecule has 1 fully saturated rings. The summed E-state index contributed by atoms with van der Waals surface area (Å²) in [6.07, 6.45) is 1.05. The van der Waals surface area contributed by atoms with Gasteiger partial charge in [0.25, 0.3) is 0 Å². The van der Waals surface area contributed by atoms with Crippen molar-refractivity contribution in [2.45, 2.75) is 49.4 Å². The standard InChI is InChI=1S/C38H36N2O5/c1-43-32-20-12-9-17-27(32)28-21-33-38(29-18-10-11-19-30(29)39-35(38)34(28)37(42)44-2)22-31(40(33)23-25-13-5-3-6-14-25)36(41)45-24-26-15-7-4-8-16-26/h3-20,28,31,33,39H,21-24H2,1-2H3/t28-,31-,33-,38+/m0/s1. The largest absolute Gasteiger partial charge is 0.496 e. The van der Waals surface area contributed by atoms with Crippen molar-refractivity contribution in [2.24, 2.45) is 0 Å². The number of para-hydroxylation sites is 2. The molecule has 0 aromatic heterocycles. The Hall–Kier alpha value is -4.88. The summed E-state index contributed by atoms with van der Waals surface area (Å²) < 4.78 is 17.3. The fourth-order valence-electron chi connectivity index (χ4n) is 7.79. The number of hydrogen-bond donors (Lipinski definition) is 1. The molecule has 3 aliphatic rings. The number of esters is 2. The van der Waals surface area contributed by atoms with Crippen LogP contribution in [0.25, 0.3) is 0 Å². The molecule has 0 amide bonds. The lowest BCUT2D eigenvalue weighted by molar-refractivity contribution is -0.151. The van der Waals surface area contributed by atoms with Crippen molar-refractivity contribution in [3.8, 4) is 5.75 Å². The quantitative estimate of drug-likeness (QED) is 0.236. The molecule has 1 saturated heterocycles. The number of likely N-dealkylation sites (tertiary alicyclic amines) is 1. The highest BCUT2D eigenvalue weighted by Gasteiger charge is 2.64. The van der Waals surface area contributed by atoms with Gasteiger partial charge in [0.1, 0.15) is 18.4 Å². The SMILES string of the molecule is COC(=O)C1=C2Nc3ccccc3[C@@]23C[C@@H](C(=O)OCc2ccccc2)N(Cc2ccccc2)[C@H]3C[C@H]1c1ccccc1OC. The number of methoxy groups -OCH3 is 2. The number of anilines is 1. The van der Waals surface area contributed by atoms with Gasteiger partial charge in [0, 0.05) is 35.5 Å². The minimum atomic E-state index is -0.649. The van der Waals surface area contributed by atoms with Crippen molar-refractivity contribution in [1.29, 1.82) is 0 Å². The van der Waals surface area contributed by atoms with Crippen LogP contribution in [0.1, 0.15) is 41.0 Å². The van der Waals surface area contributed by atoms with Gasteiger partial charge in [0.2, 0.25) is 0 Å². The van der Waals surface area contributed by atoms with E-state index in [-0.39, 0.29) is 30.5 Å². The molecule has 4 aromatic carbocycles. The smallest absolute Gasteiger partial charge is 0.336 e. The molecule has 1 aliphatic carbocycles. The Balaban J connectivity index is 1.40. The summed E-state index contributed by atoms with van der Waals surface area (Å²) in [4.78, 5) is 30.3. The van der Waals surface area contributed by atoms with Gasteiger partial charge < -0.3 is 19.5 Å². The average molecular weight is 601 g/mol. The molecule has 4 aromatic rings. The van der Waals surface area contributed by atoms with Crippen LogP contribution in [-0.4, -0.2) is 43.1 Å². The van der Waals surface area contributed by atoms with Gasteiger partial charge in [0.15, 0.2) is 0 Å². The van der Waals surface area contributed by atoms with Crippen molar-refractivity contribution in [2.75, 3.05) is 19.5 Å². The molecule has 7 nitrogen and oxygen atoms in total. The highest BCUT2D eigenvalue weighted by atomic mass is 16.5. The van der Waals surface area contributed by atoms with Crippen LogP contribution in [0.15, 0.2) is 120 Å². The first-order valence-corrected chi connectivity index (χ1v) is 15.4. The summed E-state index contributed by atoms with van der Waals surface area (Å²) >= 11 is 0. The molecule has 0 unspecified atom stereocenters. The van der Waals surface area contributed by atoms with Crippen molar-refractivity contribution in [3.05, 3.63) is 143 Å². The third-order valence-electron chi connectivity index (χ3n) is 9.70. The van der Waals surface area contributed by atoms with E-state index in [9.17, 15) is 9.59 Å². The number of fused-ring (bicyclic) bond motifs is 1. The Labute approximate surface area is 263 Å². The Morgan fingerprint density at radius 2 is 1.51 bits per heavy atom. The van der Waals surface area contributed by atoms with Crippen LogP contribution in [0.5, 0.6) is 5.75 Å². The minimum Gasteiger partial charge on any atom is -0.496 e. The number of carbonyl (C=O) groups is 2. The molecule has 1 spiro atoms. The molecule has 2 aliphatic heterocycles. The maximum atomic E-state index is 14.2. The average Bonchev–Trinajstić information content (AvgIpc) is 3.60. The Kier molecular flexibility index (Phi) is 7.63. The highest BCUT2D eigenvalue weighted by Crippen LogP contribution is 2.62. The maximum absolute atomic E-state index is 14.2. The second-order valence-corrected chi connectivity index (χ2v) is 11.9. The summed E-state index contributed by atoms with van der Waals surface area (Å²) in [5.41, 5.74) is 5.71. The van der Waals surface area contributed by atoms with Crippen LogP contribution in [0.3, 0.4) is 0 Å². The van der Waals surface area contributed by atoms with E-state index in [4.69, 9.17) is 14.2 Å². The summed E-state index contributed by atoms with van der Waals surface area (Å²) in [7, 11) is 3.08. The molecule has 7 rings (SSSR count). The Morgan fingerprint density at radius 1 is 0.844 bits per heavy atom. The predicted octanol–water partition coefficient (Wildman–Crippen LogP) is 6.36. The number of carbonyl (C=O) groups excluding carboxylic acids is 2. The van der Waals surface area contributed by atoms with Gasteiger partial charge in [0.05, 0.1) is 25.2 Å². The van der Waals surface area contributed by atoms with Crippen molar-refractivity contribution in [1.82, 2.24) is 4.90 Å². The van der Waals surface area contributed by atoms with E-state index >= 15 is 0 Å². The van der Waals surface area contributed by atoms with Crippen LogP contribution in [-0.2, 0) is 37.6 Å². The third kappa shape index (κ3) is 4.88. The molecular weight excluding hydrogens is 564 g/mol. The van der Waals surface area contributed by atoms with Gasteiger partial charge in [-0.15, -0.1) is 0 Å². The van der Waals surface area contributed by atoms with E-state index in [2.05, 4.69) is 28.4 Å². The number of ether oxygens (including phenoxy) is 3. The molecule has 1 N–H and O–H groups in total. The Bertz CT molecular complexity index is 1750. The van der Waals surface area contributed by atoms with Gasteiger partial charge in [-0.05, 0) is 41.7 Å². The van der Waals surface area contributed by atoms with E-state index < -0.39 is 11.5 Å². The number of rotatable bonds is 8. The van der Waals surface area contributed by atoms with Gasteiger partial charge in [-0.2, -0.15) is 0 Å². The van der Waals surface area contributed by atoms with Crippen LogP contribution in [0.4, 0.5) is 5.69 Å². The first-order chi connectivity index (χ1) is 22.0. The predicted molar refractivity (Wildman–Crippen MR) is 172 cm³/mol. The van der Waals surface area contributed by atoms with Gasteiger partial charge in [-0.3, -0.25) is 9.69 Å². The maximum Gasteiger partial charge on any atom is 0.336 e. The van der Waals surface area contributed by atoms with E-state index in [0.717, 1.165) is 33.6 Å². The van der Waals surface area contributed by atoms with Crippen LogP contribution in [0.2, 0.25) is 0 Å². The lowest BCUT2D eigenvalue weighted by Crippen LogP contribution is -2.49. The fraction of sp³-hybridized carbons (Fsp3) is 0.263. The van der Waals surface area contributed by atoms with Crippen molar-refractivity contribution in [3.63, 3.8) is 0 Å². The minimum absolute atomic E-state index is 0.138. The van der Waals surface area contributed by atoms with Gasteiger partial charge in [-0.1, -0.05) is 97.1 Å². The van der Waals surface area contributed by atoms with Crippen molar-refractivity contribution >= 4 is 17.6 Å². The molecule has 0 saturated carbocycles. The van der Waals surface area contributed by atoms with Crippen LogP contribution < -0.4 is 10.1 Å². The van der Waals surface area contributed by atoms with E-state index in [1.807, 2.05) is 91.0 Å². The second-order valence-electron chi connectivity index (χ2n) is 11.9. The van der Waals surface area contributed by atoms with Crippen LogP contribution in [0, 0.1) is 0 Å². The first-order valence-electron chi connectivity index (χ1n) is 15.4. The van der Waals surface area contributed by atoms with E-state index in [1.165, 1.54) is 7.11 Å². The number of hydrogen-bond acceptors (Lipinski definition) is 7. The molecule has 7 heteroatoms. The zero-order valence-corrected chi connectivity index (χ0v) is 25.4. The zero-order valence-electron chi connectivity index (χ0n) is 25.4. The van der Waals surface area contributed by atoms with Crippen molar-refractivity contribution < 1.29 is 23.8 Å². The molecule has 228 valence electrons. The third-order valence-corrected chi connectivity index (χ3v) is 9.70. The normalized spacial score (nSPS) is 23.4. The summed E-state index contributed by atoms with van der Waals surface area (Å²) in [6, 6.07) is 35.3. The molecular formula is C38H36N2O5. The lowest BCUT2D eigenvalue weighted by Gasteiger charge is -2.44. The first kappa shape index (κ1) is 28.9.